The van der Waals surface area contributed by atoms with Crippen LogP contribution in [-0.4, -0.2) is 41.0 Å². The number of halogens is 1. The molecular formula is C22H20FN5O2. The van der Waals surface area contributed by atoms with E-state index in [1.165, 1.54) is 24.3 Å². The van der Waals surface area contributed by atoms with Gasteiger partial charge in [-0.25, -0.2) is 9.37 Å². The molecule has 0 radical (unpaired) electrons. The molecule has 0 N–H and O–H groups in total. The lowest BCUT2D eigenvalue weighted by atomic mass is 10.1. The number of anilines is 1. The molecule has 0 unspecified atom stereocenters. The van der Waals surface area contributed by atoms with Crippen molar-refractivity contribution in [2.45, 2.75) is 13.0 Å². The van der Waals surface area contributed by atoms with Crippen LogP contribution in [0.25, 0.3) is 10.9 Å². The van der Waals surface area contributed by atoms with Gasteiger partial charge < -0.3 is 4.90 Å². The minimum Gasteiger partial charge on any atom is -0.355 e. The van der Waals surface area contributed by atoms with Crippen LogP contribution in [0, 0.1) is 27.3 Å². The lowest BCUT2D eigenvalue weighted by molar-refractivity contribution is -0.384. The summed E-state index contributed by atoms with van der Waals surface area (Å²) in [5.41, 5.74) is 1.97. The minimum atomic E-state index is -0.473. The smallest absolute Gasteiger partial charge is 0.270 e. The standard InChI is InChI=1S/C22H20FN5O2/c23-18-4-2-16(3-5-18)15-26-8-1-9-27(11-10-26)22-12-17(14-24)20-13-19(28(29)30)6-7-21(20)25-22/h2-7,12-13H,1,8-11,15H2. The predicted octanol–water partition coefficient (Wildman–Crippen LogP) is 3.87. The molecule has 1 aromatic heterocycles. The molecule has 1 saturated heterocycles. The van der Waals surface area contributed by atoms with E-state index in [1.54, 1.807) is 24.3 Å². The van der Waals surface area contributed by atoms with Crippen LogP contribution in [0.5, 0.6) is 0 Å². The van der Waals surface area contributed by atoms with Crippen LogP contribution < -0.4 is 4.90 Å². The second-order valence-corrected chi connectivity index (χ2v) is 7.34. The normalized spacial score (nSPS) is 15.0. The van der Waals surface area contributed by atoms with Crippen LogP contribution in [0.2, 0.25) is 0 Å². The molecule has 0 amide bonds. The second-order valence-electron chi connectivity index (χ2n) is 7.34. The fourth-order valence-electron chi connectivity index (χ4n) is 3.77. The number of nitro groups is 1. The first-order valence-corrected chi connectivity index (χ1v) is 9.74. The Morgan fingerprint density at radius 1 is 1.10 bits per heavy atom. The van der Waals surface area contributed by atoms with Crippen LogP contribution in [-0.2, 0) is 6.54 Å². The Kier molecular flexibility index (Phi) is 5.55. The first-order chi connectivity index (χ1) is 14.5. The second kappa shape index (κ2) is 8.43. The highest BCUT2D eigenvalue weighted by Gasteiger charge is 2.19. The average molecular weight is 405 g/mol. The van der Waals surface area contributed by atoms with Gasteiger partial charge in [0.15, 0.2) is 0 Å². The van der Waals surface area contributed by atoms with Crippen molar-refractivity contribution in [1.82, 2.24) is 9.88 Å². The van der Waals surface area contributed by atoms with E-state index in [4.69, 9.17) is 0 Å². The molecular weight excluding hydrogens is 385 g/mol. The third-order valence-electron chi connectivity index (χ3n) is 5.34. The summed E-state index contributed by atoms with van der Waals surface area (Å²) in [7, 11) is 0. The first kappa shape index (κ1) is 19.7. The van der Waals surface area contributed by atoms with E-state index < -0.39 is 4.92 Å². The van der Waals surface area contributed by atoms with E-state index >= 15 is 0 Å². The molecule has 152 valence electrons. The third kappa shape index (κ3) is 4.21. The Morgan fingerprint density at radius 3 is 2.63 bits per heavy atom. The number of benzene rings is 2. The molecule has 3 aromatic rings. The van der Waals surface area contributed by atoms with Crippen molar-refractivity contribution < 1.29 is 9.31 Å². The van der Waals surface area contributed by atoms with Crippen LogP contribution in [0.3, 0.4) is 0 Å². The van der Waals surface area contributed by atoms with Crippen LogP contribution >= 0.6 is 0 Å². The lowest BCUT2D eigenvalue weighted by Gasteiger charge is -2.23. The van der Waals surface area contributed by atoms with Crippen molar-refractivity contribution >= 4 is 22.4 Å². The van der Waals surface area contributed by atoms with E-state index in [0.717, 1.165) is 44.7 Å². The van der Waals surface area contributed by atoms with Crippen LogP contribution in [0.15, 0.2) is 48.5 Å². The van der Waals surface area contributed by atoms with Crippen molar-refractivity contribution in [2.24, 2.45) is 0 Å². The SMILES string of the molecule is N#Cc1cc(N2CCCN(Cc3ccc(F)cc3)CC2)nc2ccc([N+](=O)[O-])cc12. The molecule has 2 heterocycles. The summed E-state index contributed by atoms with van der Waals surface area (Å²) in [5, 5.41) is 21.1. The van der Waals surface area contributed by atoms with Gasteiger partial charge >= 0.3 is 0 Å². The van der Waals surface area contributed by atoms with Gasteiger partial charge in [-0.2, -0.15) is 5.26 Å². The van der Waals surface area contributed by atoms with E-state index in [1.807, 2.05) is 0 Å². The molecule has 30 heavy (non-hydrogen) atoms. The van der Waals surface area contributed by atoms with E-state index in [0.29, 0.717) is 22.3 Å². The summed E-state index contributed by atoms with van der Waals surface area (Å²) in [6.07, 6.45) is 0.934. The first-order valence-electron chi connectivity index (χ1n) is 9.74. The molecule has 0 aliphatic carbocycles. The quantitative estimate of drug-likeness (QED) is 0.484. The molecule has 0 bridgehead atoms. The number of nitrogens with zero attached hydrogens (tertiary/aromatic N) is 5. The van der Waals surface area contributed by atoms with E-state index in [9.17, 15) is 19.8 Å². The van der Waals surface area contributed by atoms with E-state index in [2.05, 4.69) is 20.9 Å². The molecule has 4 rings (SSSR count). The molecule has 8 heteroatoms. The summed E-state index contributed by atoms with van der Waals surface area (Å²) in [6.45, 7) is 4.04. The molecule has 7 nitrogen and oxygen atoms in total. The van der Waals surface area contributed by atoms with Crippen molar-refractivity contribution in [1.29, 1.82) is 5.26 Å². The Bertz CT molecular complexity index is 1130. The number of hydrogen-bond donors (Lipinski definition) is 0. The summed E-state index contributed by atoms with van der Waals surface area (Å²) in [4.78, 5) is 19.7. The number of hydrogen-bond acceptors (Lipinski definition) is 6. The zero-order valence-electron chi connectivity index (χ0n) is 16.3. The number of non-ortho nitro benzene ring substituents is 1. The van der Waals surface area contributed by atoms with Gasteiger partial charge in [0.25, 0.3) is 5.69 Å². The van der Waals surface area contributed by atoms with Gasteiger partial charge in [-0.1, -0.05) is 12.1 Å². The number of nitriles is 1. The fraction of sp³-hybridized carbons (Fsp3) is 0.273. The summed E-state index contributed by atoms with van der Waals surface area (Å²) in [5.74, 6) is 0.471. The maximum absolute atomic E-state index is 13.1. The Morgan fingerprint density at radius 2 is 1.90 bits per heavy atom. The number of pyridine rings is 1. The van der Waals surface area contributed by atoms with Gasteiger partial charge in [0.2, 0.25) is 0 Å². The zero-order chi connectivity index (χ0) is 21.1. The van der Waals surface area contributed by atoms with Crippen molar-refractivity contribution in [3.05, 3.63) is 75.6 Å². The maximum Gasteiger partial charge on any atom is 0.270 e. The molecule has 1 aliphatic heterocycles. The molecule has 0 saturated carbocycles. The summed E-state index contributed by atoms with van der Waals surface area (Å²) < 4.78 is 13.1. The molecule has 1 aliphatic rings. The highest BCUT2D eigenvalue weighted by Crippen LogP contribution is 2.27. The highest BCUT2D eigenvalue weighted by atomic mass is 19.1. The monoisotopic (exact) mass is 405 g/mol. The molecule has 2 aromatic carbocycles. The Balaban J connectivity index is 1.53. The van der Waals surface area contributed by atoms with Crippen LogP contribution in [0.4, 0.5) is 15.9 Å². The van der Waals surface area contributed by atoms with Crippen molar-refractivity contribution in [3.8, 4) is 6.07 Å². The minimum absolute atomic E-state index is 0.0558. The topological polar surface area (TPSA) is 86.3 Å². The lowest BCUT2D eigenvalue weighted by Crippen LogP contribution is -2.31. The molecule has 1 fully saturated rings. The van der Waals surface area contributed by atoms with Gasteiger partial charge in [0.1, 0.15) is 11.6 Å². The van der Waals surface area contributed by atoms with Gasteiger partial charge in [-0.05, 0) is 36.2 Å². The van der Waals surface area contributed by atoms with Crippen molar-refractivity contribution in [3.63, 3.8) is 0 Å². The molecule has 0 spiro atoms. The van der Waals surface area contributed by atoms with Crippen LogP contribution in [0.1, 0.15) is 17.5 Å². The number of nitro benzene ring substituents is 1. The molecule has 0 atom stereocenters. The fourth-order valence-corrected chi connectivity index (χ4v) is 3.77. The number of aromatic nitrogens is 1. The van der Waals surface area contributed by atoms with Crippen molar-refractivity contribution in [2.75, 3.05) is 31.1 Å². The number of fused-ring (bicyclic) bond motifs is 1. The largest absolute Gasteiger partial charge is 0.355 e. The third-order valence-corrected chi connectivity index (χ3v) is 5.34. The van der Waals surface area contributed by atoms with Gasteiger partial charge in [0, 0.05) is 50.2 Å². The zero-order valence-corrected chi connectivity index (χ0v) is 16.3. The highest BCUT2D eigenvalue weighted by molar-refractivity contribution is 5.88. The Hall–Kier alpha value is -3.57. The van der Waals surface area contributed by atoms with E-state index in [-0.39, 0.29) is 11.5 Å². The average Bonchev–Trinajstić information content (AvgIpc) is 2.99. The van der Waals surface area contributed by atoms with Gasteiger partial charge in [-0.3, -0.25) is 15.0 Å². The number of rotatable bonds is 4. The summed E-state index contributed by atoms with van der Waals surface area (Å²) in [6, 6.07) is 14.8. The summed E-state index contributed by atoms with van der Waals surface area (Å²) >= 11 is 0. The predicted molar refractivity (Wildman–Crippen MR) is 112 cm³/mol. The van der Waals surface area contributed by atoms with Gasteiger partial charge in [-0.15, -0.1) is 0 Å². The Labute approximate surface area is 173 Å². The van der Waals surface area contributed by atoms with Gasteiger partial charge in [0.05, 0.1) is 22.1 Å². The maximum atomic E-state index is 13.1.